The fraction of sp³-hybridized carbons (Fsp3) is 0.250. The number of nitrogens with one attached hydrogen (secondary N) is 2. The number of aryl methyl sites for hydroxylation is 3. The standard InChI is InChI=1S/C12H16N2O4S/c1-6-4-7(2)10(8(3)5-6)19(17,18)11(14)9(13)12(15)16/h4-5,13-14,17-18H,1-3H3,(H,15,16). The highest BCUT2D eigenvalue weighted by molar-refractivity contribution is 8.38. The molecule has 6 nitrogen and oxygen atoms in total. The highest BCUT2D eigenvalue weighted by Gasteiger charge is 2.31. The summed E-state index contributed by atoms with van der Waals surface area (Å²) in [5.41, 5.74) is 0.925. The van der Waals surface area contributed by atoms with Gasteiger partial charge in [0.15, 0.2) is 10.8 Å². The lowest BCUT2D eigenvalue weighted by Gasteiger charge is -2.34. The molecule has 0 amide bonds. The smallest absolute Gasteiger partial charge is 0.357 e. The number of aliphatic carboxylic acids is 1. The van der Waals surface area contributed by atoms with E-state index in [2.05, 4.69) is 0 Å². The Bertz CT molecular complexity index is 558. The number of benzene rings is 1. The van der Waals surface area contributed by atoms with E-state index in [1.807, 2.05) is 6.92 Å². The van der Waals surface area contributed by atoms with Crippen molar-refractivity contribution < 1.29 is 19.0 Å². The zero-order valence-corrected chi connectivity index (χ0v) is 11.6. The van der Waals surface area contributed by atoms with Gasteiger partial charge in [0.1, 0.15) is 0 Å². The van der Waals surface area contributed by atoms with Crippen LogP contribution in [-0.4, -0.2) is 30.9 Å². The van der Waals surface area contributed by atoms with Gasteiger partial charge in [0.05, 0.1) is 4.90 Å². The normalized spacial score (nSPS) is 12.1. The van der Waals surface area contributed by atoms with Crippen LogP contribution in [0.4, 0.5) is 0 Å². The summed E-state index contributed by atoms with van der Waals surface area (Å²) in [6.07, 6.45) is 0. The zero-order chi connectivity index (χ0) is 15.0. The van der Waals surface area contributed by atoms with Gasteiger partial charge in [0, 0.05) is 0 Å². The highest BCUT2D eigenvalue weighted by atomic mass is 32.3. The molecule has 1 rings (SSSR count). The van der Waals surface area contributed by atoms with Crippen molar-refractivity contribution in [2.45, 2.75) is 25.7 Å². The molecular weight excluding hydrogens is 268 g/mol. The minimum absolute atomic E-state index is 0.120. The Labute approximate surface area is 112 Å². The molecule has 0 atom stereocenters. The molecule has 0 aliphatic rings. The second-order valence-electron chi connectivity index (χ2n) is 4.29. The molecule has 1 aromatic carbocycles. The van der Waals surface area contributed by atoms with E-state index in [-0.39, 0.29) is 4.90 Å². The van der Waals surface area contributed by atoms with E-state index < -0.39 is 27.3 Å². The third-order valence-corrected chi connectivity index (χ3v) is 4.60. The van der Waals surface area contributed by atoms with Crippen LogP contribution in [0.2, 0.25) is 0 Å². The third-order valence-electron chi connectivity index (χ3n) is 2.61. The van der Waals surface area contributed by atoms with E-state index >= 15 is 0 Å². The SMILES string of the molecule is Cc1cc(C)c(S(O)(O)C(=N)C(=N)C(=O)O)c(C)c1. The molecule has 0 bridgehead atoms. The van der Waals surface area contributed by atoms with Gasteiger partial charge in [-0.2, -0.15) is 0 Å². The maximum atomic E-state index is 10.7. The number of rotatable bonds is 3. The highest BCUT2D eigenvalue weighted by Crippen LogP contribution is 2.52. The zero-order valence-electron chi connectivity index (χ0n) is 10.8. The van der Waals surface area contributed by atoms with Gasteiger partial charge in [-0.25, -0.2) is 4.79 Å². The van der Waals surface area contributed by atoms with Crippen LogP contribution >= 0.6 is 10.6 Å². The molecule has 0 spiro atoms. The second-order valence-corrected chi connectivity index (χ2v) is 6.20. The van der Waals surface area contributed by atoms with E-state index in [9.17, 15) is 13.9 Å². The van der Waals surface area contributed by atoms with Crippen molar-refractivity contribution in [2.24, 2.45) is 0 Å². The van der Waals surface area contributed by atoms with Crippen LogP contribution in [0.1, 0.15) is 16.7 Å². The van der Waals surface area contributed by atoms with Crippen molar-refractivity contribution in [1.82, 2.24) is 0 Å². The minimum Gasteiger partial charge on any atom is -0.476 e. The summed E-state index contributed by atoms with van der Waals surface area (Å²) in [5.74, 6) is -1.66. The molecule has 0 unspecified atom stereocenters. The molecule has 0 aliphatic carbocycles. The largest absolute Gasteiger partial charge is 0.476 e. The average molecular weight is 284 g/mol. The van der Waals surface area contributed by atoms with Crippen LogP contribution in [0.15, 0.2) is 17.0 Å². The Balaban J connectivity index is 3.39. The first kappa shape index (κ1) is 15.4. The summed E-state index contributed by atoms with van der Waals surface area (Å²) in [6.45, 7) is 5.16. The lowest BCUT2D eigenvalue weighted by molar-refractivity contribution is -0.129. The molecule has 0 radical (unpaired) electrons. The van der Waals surface area contributed by atoms with E-state index in [4.69, 9.17) is 15.9 Å². The summed E-state index contributed by atoms with van der Waals surface area (Å²) in [5, 5.41) is 22.5. The van der Waals surface area contributed by atoms with Crippen LogP contribution < -0.4 is 0 Å². The topological polar surface area (TPSA) is 125 Å². The van der Waals surface area contributed by atoms with E-state index in [0.717, 1.165) is 5.56 Å². The van der Waals surface area contributed by atoms with Gasteiger partial charge in [-0.3, -0.25) is 19.9 Å². The number of hydrogen-bond acceptors (Lipinski definition) is 5. The Hall–Kier alpha value is -1.70. The van der Waals surface area contributed by atoms with Gasteiger partial charge in [0.25, 0.3) is 0 Å². The Kier molecular flexibility index (Phi) is 4.14. The fourth-order valence-corrected chi connectivity index (χ4v) is 3.55. The Morgan fingerprint density at radius 3 is 1.89 bits per heavy atom. The first-order valence-electron chi connectivity index (χ1n) is 5.36. The quantitative estimate of drug-likeness (QED) is 0.432. The summed E-state index contributed by atoms with van der Waals surface area (Å²) < 4.78 is 20.3. The van der Waals surface area contributed by atoms with Crippen LogP contribution in [0, 0.1) is 31.6 Å². The molecule has 104 valence electrons. The van der Waals surface area contributed by atoms with Gasteiger partial charge in [-0.15, -0.1) is 10.6 Å². The van der Waals surface area contributed by atoms with Crippen LogP contribution in [0.25, 0.3) is 0 Å². The summed E-state index contributed by atoms with van der Waals surface area (Å²) in [6, 6.07) is 3.43. The van der Waals surface area contributed by atoms with E-state index in [0.29, 0.717) is 11.1 Å². The monoisotopic (exact) mass is 284 g/mol. The maximum absolute atomic E-state index is 10.7. The van der Waals surface area contributed by atoms with Crippen molar-refractivity contribution >= 4 is 27.3 Å². The molecule has 7 heteroatoms. The molecular formula is C12H16N2O4S. The van der Waals surface area contributed by atoms with Crippen molar-refractivity contribution in [3.8, 4) is 0 Å². The molecule has 0 saturated carbocycles. The van der Waals surface area contributed by atoms with Crippen molar-refractivity contribution in [3.63, 3.8) is 0 Å². The van der Waals surface area contributed by atoms with Gasteiger partial charge in [-0.05, 0) is 31.9 Å². The predicted molar refractivity (Wildman–Crippen MR) is 74.9 cm³/mol. The first-order valence-corrected chi connectivity index (χ1v) is 6.90. The second kappa shape index (κ2) is 5.12. The van der Waals surface area contributed by atoms with Gasteiger partial charge < -0.3 is 5.11 Å². The summed E-state index contributed by atoms with van der Waals surface area (Å²) in [4.78, 5) is 10.8. The molecule has 0 fully saturated rings. The molecule has 5 N–H and O–H groups in total. The van der Waals surface area contributed by atoms with Crippen LogP contribution in [0.5, 0.6) is 0 Å². The molecule has 0 aliphatic heterocycles. The van der Waals surface area contributed by atoms with Crippen LogP contribution in [-0.2, 0) is 4.79 Å². The first-order chi connectivity index (χ1) is 8.59. The number of carboxylic acids is 1. The van der Waals surface area contributed by atoms with E-state index in [1.165, 1.54) is 0 Å². The Morgan fingerprint density at radius 2 is 1.53 bits per heavy atom. The molecule has 0 heterocycles. The van der Waals surface area contributed by atoms with Crippen molar-refractivity contribution in [3.05, 3.63) is 28.8 Å². The fourth-order valence-electron chi connectivity index (χ4n) is 1.96. The van der Waals surface area contributed by atoms with Crippen molar-refractivity contribution in [2.75, 3.05) is 0 Å². The molecule has 0 aromatic heterocycles. The lowest BCUT2D eigenvalue weighted by atomic mass is 10.1. The van der Waals surface area contributed by atoms with Crippen LogP contribution in [0.3, 0.4) is 0 Å². The number of carboxylic acid groups (broad SMARTS) is 1. The maximum Gasteiger partial charge on any atom is 0.357 e. The molecule has 19 heavy (non-hydrogen) atoms. The van der Waals surface area contributed by atoms with Gasteiger partial charge in [-0.1, -0.05) is 17.7 Å². The third kappa shape index (κ3) is 2.83. The minimum atomic E-state index is -3.78. The molecule has 1 aromatic rings. The van der Waals surface area contributed by atoms with Gasteiger partial charge >= 0.3 is 5.97 Å². The average Bonchev–Trinajstić information content (AvgIpc) is 2.24. The number of carbonyl (C=O) groups is 1. The van der Waals surface area contributed by atoms with E-state index in [1.54, 1.807) is 26.0 Å². The lowest BCUT2D eigenvalue weighted by Crippen LogP contribution is -2.27. The summed E-state index contributed by atoms with van der Waals surface area (Å²) >= 11 is 0. The predicted octanol–water partition coefficient (Wildman–Crippen LogP) is 2.80. The Morgan fingerprint density at radius 1 is 1.11 bits per heavy atom. The summed E-state index contributed by atoms with van der Waals surface area (Å²) in [7, 11) is -3.78. The van der Waals surface area contributed by atoms with Gasteiger partial charge in [0.2, 0.25) is 0 Å². The number of hydrogen-bond donors (Lipinski definition) is 5. The van der Waals surface area contributed by atoms with Crippen molar-refractivity contribution in [1.29, 1.82) is 10.8 Å². The molecule has 0 saturated heterocycles.